The first kappa shape index (κ1) is 12.2. The van der Waals surface area contributed by atoms with Gasteiger partial charge in [0.05, 0.1) is 12.8 Å². The minimum atomic E-state index is 0.658. The molecule has 0 fully saturated rings. The van der Waals surface area contributed by atoms with Gasteiger partial charge in [-0.2, -0.15) is 0 Å². The molecule has 92 valence electrons. The van der Waals surface area contributed by atoms with Gasteiger partial charge in [0.2, 0.25) is 0 Å². The molecule has 0 saturated heterocycles. The van der Waals surface area contributed by atoms with Gasteiger partial charge in [-0.3, -0.25) is 0 Å². The number of nitrogens with two attached hydrogens (primary N) is 1. The zero-order valence-electron chi connectivity index (χ0n) is 10.7. The fourth-order valence-electron chi connectivity index (χ4n) is 1.79. The molecular formula is C16H17NO. The molecule has 0 aliphatic heterocycles. The van der Waals surface area contributed by atoms with Crippen molar-refractivity contribution in [3.63, 3.8) is 0 Å². The van der Waals surface area contributed by atoms with Gasteiger partial charge < -0.3 is 10.5 Å². The largest absolute Gasteiger partial charge is 0.495 e. The fraction of sp³-hybridized carbons (Fsp3) is 0.125. The van der Waals surface area contributed by atoms with E-state index >= 15 is 0 Å². The Kier molecular flexibility index (Phi) is 3.68. The molecule has 2 N–H and O–H groups in total. The first-order valence-corrected chi connectivity index (χ1v) is 5.88. The van der Waals surface area contributed by atoms with E-state index in [1.807, 2.05) is 30.3 Å². The summed E-state index contributed by atoms with van der Waals surface area (Å²) < 4.78 is 5.20. The monoisotopic (exact) mass is 239 g/mol. The third kappa shape index (κ3) is 2.72. The number of nitrogen functional groups attached to an aromatic ring is 1. The lowest BCUT2D eigenvalue weighted by atomic mass is 10.1. The Morgan fingerprint density at radius 3 is 2.56 bits per heavy atom. The predicted octanol–water partition coefficient (Wildman–Crippen LogP) is 3.76. The number of benzene rings is 2. The van der Waals surface area contributed by atoms with Gasteiger partial charge in [0.1, 0.15) is 5.75 Å². The second kappa shape index (κ2) is 5.41. The molecule has 0 aliphatic carbocycles. The van der Waals surface area contributed by atoms with E-state index in [0.29, 0.717) is 11.4 Å². The topological polar surface area (TPSA) is 35.2 Å². The molecule has 0 radical (unpaired) electrons. The van der Waals surface area contributed by atoms with Crippen molar-refractivity contribution in [2.24, 2.45) is 0 Å². The summed E-state index contributed by atoms with van der Waals surface area (Å²) in [6.45, 7) is 2.10. The quantitative estimate of drug-likeness (QED) is 0.654. The van der Waals surface area contributed by atoms with Crippen LogP contribution in [0.4, 0.5) is 5.69 Å². The molecule has 18 heavy (non-hydrogen) atoms. The van der Waals surface area contributed by atoms with Crippen LogP contribution >= 0.6 is 0 Å². The third-order valence-corrected chi connectivity index (χ3v) is 2.90. The summed E-state index contributed by atoms with van der Waals surface area (Å²) in [5.74, 6) is 0.710. The van der Waals surface area contributed by atoms with Crippen LogP contribution in [-0.4, -0.2) is 7.11 Å². The normalized spacial score (nSPS) is 10.8. The number of methoxy groups -OCH3 is 1. The summed E-state index contributed by atoms with van der Waals surface area (Å²) in [5.41, 5.74) is 9.99. The van der Waals surface area contributed by atoms with E-state index in [2.05, 4.69) is 31.2 Å². The Hall–Kier alpha value is -2.22. The molecule has 0 unspecified atom stereocenters. The summed E-state index contributed by atoms with van der Waals surface area (Å²) in [4.78, 5) is 0. The van der Waals surface area contributed by atoms with Crippen molar-refractivity contribution in [3.05, 3.63) is 59.2 Å². The molecule has 0 amide bonds. The van der Waals surface area contributed by atoms with E-state index in [-0.39, 0.29) is 0 Å². The van der Waals surface area contributed by atoms with Crippen LogP contribution in [0.15, 0.2) is 42.5 Å². The molecule has 2 heteroatoms. The second-order valence-corrected chi connectivity index (χ2v) is 4.19. The molecule has 2 rings (SSSR count). The summed E-state index contributed by atoms with van der Waals surface area (Å²) in [6.07, 6.45) is 4.16. The van der Waals surface area contributed by atoms with Crippen LogP contribution < -0.4 is 10.5 Å². The van der Waals surface area contributed by atoms with Gasteiger partial charge in [0.15, 0.2) is 0 Å². The minimum absolute atomic E-state index is 0.658. The Balaban J connectivity index is 2.27. The summed E-state index contributed by atoms with van der Waals surface area (Å²) >= 11 is 0. The number of hydrogen-bond acceptors (Lipinski definition) is 2. The van der Waals surface area contributed by atoms with E-state index in [9.17, 15) is 0 Å². The smallest absolute Gasteiger partial charge is 0.142 e. The van der Waals surface area contributed by atoms with Gasteiger partial charge >= 0.3 is 0 Å². The number of anilines is 1. The molecule has 0 saturated carbocycles. The Morgan fingerprint density at radius 1 is 1.06 bits per heavy atom. The first-order valence-electron chi connectivity index (χ1n) is 5.88. The average Bonchev–Trinajstić information content (AvgIpc) is 2.39. The van der Waals surface area contributed by atoms with Gasteiger partial charge in [-0.05, 0) is 35.7 Å². The van der Waals surface area contributed by atoms with Crippen molar-refractivity contribution in [1.82, 2.24) is 0 Å². The summed E-state index contributed by atoms with van der Waals surface area (Å²) in [5, 5.41) is 0. The predicted molar refractivity (Wildman–Crippen MR) is 77.5 cm³/mol. The van der Waals surface area contributed by atoms with Gasteiger partial charge in [0.25, 0.3) is 0 Å². The molecule has 2 aromatic carbocycles. The molecule has 0 aliphatic rings. The van der Waals surface area contributed by atoms with Crippen LogP contribution in [-0.2, 0) is 0 Å². The zero-order valence-corrected chi connectivity index (χ0v) is 10.7. The molecule has 0 bridgehead atoms. The van der Waals surface area contributed by atoms with E-state index in [1.54, 1.807) is 7.11 Å². The number of aryl methyl sites for hydroxylation is 1. The van der Waals surface area contributed by atoms with Crippen molar-refractivity contribution in [2.45, 2.75) is 6.92 Å². The minimum Gasteiger partial charge on any atom is -0.495 e. The van der Waals surface area contributed by atoms with Crippen LogP contribution in [0.1, 0.15) is 16.7 Å². The highest BCUT2D eigenvalue weighted by atomic mass is 16.5. The maximum atomic E-state index is 5.78. The Bertz CT molecular complexity index is 573. The number of rotatable bonds is 3. The van der Waals surface area contributed by atoms with E-state index in [1.165, 1.54) is 11.1 Å². The lowest BCUT2D eigenvalue weighted by Gasteiger charge is -2.05. The standard InChI is InChI=1S/C16H17NO/c1-12-5-3-4-6-14(12)9-7-13-8-10-15(17)16(11-13)18-2/h3-11H,17H2,1-2H3. The van der Waals surface area contributed by atoms with Gasteiger partial charge in [0, 0.05) is 0 Å². The molecule has 0 atom stereocenters. The summed E-state index contributed by atoms with van der Waals surface area (Å²) in [7, 11) is 1.63. The van der Waals surface area contributed by atoms with Crippen molar-refractivity contribution in [3.8, 4) is 5.75 Å². The molecule has 0 heterocycles. The maximum absolute atomic E-state index is 5.78. The summed E-state index contributed by atoms with van der Waals surface area (Å²) in [6, 6.07) is 14.0. The number of ether oxygens (including phenoxy) is 1. The molecule has 2 nitrogen and oxygen atoms in total. The highest BCUT2D eigenvalue weighted by Gasteiger charge is 1.98. The van der Waals surface area contributed by atoms with Crippen LogP contribution in [0.3, 0.4) is 0 Å². The van der Waals surface area contributed by atoms with Crippen LogP contribution in [0, 0.1) is 6.92 Å². The maximum Gasteiger partial charge on any atom is 0.142 e. The zero-order chi connectivity index (χ0) is 13.0. The van der Waals surface area contributed by atoms with Crippen molar-refractivity contribution < 1.29 is 4.74 Å². The number of hydrogen-bond donors (Lipinski definition) is 1. The molecule has 0 aromatic heterocycles. The molecular weight excluding hydrogens is 222 g/mol. The first-order chi connectivity index (χ1) is 8.70. The van der Waals surface area contributed by atoms with Crippen LogP contribution in [0.5, 0.6) is 5.75 Å². The molecule has 2 aromatic rings. The Labute approximate surface area is 108 Å². The van der Waals surface area contributed by atoms with Gasteiger partial charge in [-0.1, -0.05) is 42.5 Å². The van der Waals surface area contributed by atoms with Crippen LogP contribution in [0.25, 0.3) is 12.2 Å². The van der Waals surface area contributed by atoms with Gasteiger partial charge in [-0.15, -0.1) is 0 Å². The third-order valence-electron chi connectivity index (χ3n) is 2.90. The van der Waals surface area contributed by atoms with Crippen LogP contribution in [0.2, 0.25) is 0 Å². The lowest BCUT2D eigenvalue weighted by molar-refractivity contribution is 0.417. The lowest BCUT2D eigenvalue weighted by Crippen LogP contribution is -1.92. The van der Waals surface area contributed by atoms with Gasteiger partial charge in [-0.25, -0.2) is 0 Å². The fourth-order valence-corrected chi connectivity index (χ4v) is 1.79. The second-order valence-electron chi connectivity index (χ2n) is 4.19. The van der Waals surface area contributed by atoms with E-state index < -0.39 is 0 Å². The highest BCUT2D eigenvalue weighted by Crippen LogP contribution is 2.23. The average molecular weight is 239 g/mol. The SMILES string of the molecule is COc1cc(C=Cc2ccccc2C)ccc1N. The highest BCUT2D eigenvalue weighted by molar-refractivity contribution is 5.73. The van der Waals surface area contributed by atoms with E-state index in [0.717, 1.165) is 5.56 Å². The molecule has 0 spiro atoms. The van der Waals surface area contributed by atoms with Crippen molar-refractivity contribution >= 4 is 17.8 Å². The van der Waals surface area contributed by atoms with Crippen molar-refractivity contribution in [2.75, 3.05) is 12.8 Å². The van der Waals surface area contributed by atoms with E-state index in [4.69, 9.17) is 10.5 Å². The Morgan fingerprint density at radius 2 is 1.83 bits per heavy atom. The van der Waals surface area contributed by atoms with Crippen molar-refractivity contribution in [1.29, 1.82) is 0 Å².